The smallest absolute Gasteiger partial charge is 0.0224 e. The van der Waals surface area contributed by atoms with Crippen LogP contribution in [0.3, 0.4) is 0 Å². The molecule has 0 saturated carbocycles. The SMILES string of the molecule is ClCCCC1CCCCN1. The van der Waals surface area contributed by atoms with Crippen molar-refractivity contribution >= 4 is 11.6 Å². The number of hydrogen-bond donors (Lipinski definition) is 1. The Hall–Kier alpha value is 0.250. The van der Waals surface area contributed by atoms with Gasteiger partial charge in [-0.05, 0) is 32.2 Å². The van der Waals surface area contributed by atoms with Gasteiger partial charge in [0, 0.05) is 11.9 Å². The van der Waals surface area contributed by atoms with Crippen LogP contribution in [-0.4, -0.2) is 18.5 Å². The zero-order valence-corrected chi connectivity index (χ0v) is 7.16. The molecule has 0 bridgehead atoms. The Morgan fingerprint density at radius 2 is 2.30 bits per heavy atom. The number of nitrogens with one attached hydrogen (secondary N) is 1. The third-order valence-electron chi connectivity index (χ3n) is 2.10. The van der Waals surface area contributed by atoms with Gasteiger partial charge >= 0.3 is 0 Å². The maximum Gasteiger partial charge on any atom is 0.0224 e. The van der Waals surface area contributed by atoms with E-state index < -0.39 is 0 Å². The van der Waals surface area contributed by atoms with Crippen LogP contribution in [0.1, 0.15) is 32.1 Å². The highest BCUT2D eigenvalue weighted by molar-refractivity contribution is 6.17. The van der Waals surface area contributed by atoms with E-state index in [2.05, 4.69) is 5.32 Å². The van der Waals surface area contributed by atoms with Crippen molar-refractivity contribution in [2.45, 2.75) is 38.1 Å². The molecule has 60 valence electrons. The average Bonchev–Trinajstić information content (AvgIpc) is 2.03. The summed E-state index contributed by atoms with van der Waals surface area (Å²) in [5, 5.41) is 3.50. The third-order valence-corrected chi connectivity index (χ3v) is 2.37. The van der Waals surface area contributed by atoms with Crippen molar-refractivity contribution in [3.63, 3.8) is 0 Å². The van der Waals surface area contributed by atoms with Crippen molar-refractivity contribution in [2.24, 2.45) is 0 Å². The molecule has 1 atom stereocenters. The standard InChI is InChI=1S/C8H16ClN/c9-6-3-5-8-4-1-2-7-10-8/h8,10H,1-7H2. The molecule has 0 spiro atoms. The molecular formula is C8H16ClN. The lowest BCUT2D eigenvalue weighted by molar-refractivity contribution is 0.380. The zero-order valence-electron chi connectivity index (χ0n) is 6.41. The molecule has 1 nitrogen and oxygen atoms in total. The molecule has 1 aliphatic heterocycles. The van der Waals surface area contributed by atoms with Crippen molar-refractivity contribution < 1.29 is 0 Å². The molecule has 1 fully saturated rings. The van der Waals surface area contributed by atoms with E-state index in [0.717, 1.165) is 11.9 Å². The van der Waals surface area contributed by atoms with Crippen LogP contribution in [-0.2, 0) is 0 Å². The number of rotatable bonds is 3. The predicted octanol–water partition coefficient (Wildman–Crippen LogP) is 2.15. The topological polar surface area (TPSA) is 12.0 Å². The molecule has 0 aromatic heterocycles. The normalized spacial score (nSPS) is 26.7. The third kappa shape index (κ3) is 2.89. The zero-order chi connectivity index (χ0) is 7.23. The second-order valence-electron chi connectivity index (χ2n) is 2.98. The monoisotopic (exact) mass is 161 g/mol. The van der Waals surface area contributed by atoms with Gasteiger partial charge in [0.25, 0.3) is 0 Å². The Labute approximate surface area is 68.1 Å². The first-order valence-corrected chi connectivity index (χ1v) is 4.76. The number of halogens is 1. The highest BCUT2D eigenvalue weighted by atomic mass is 35.5. The summed E-state index contributed by atoms with van der Waals surface area (Å²) >= 11 is 5.59. The molecule has 0 radical (unpaired) electrons. The summed E-state index contributed by atoms with van der Waals surface area (Å²) < 4.78 is 0. The Bertz CT molecular complexity index is 79.3. The Kier molecular flexibility index (Phi) is 4.15. The number of alkyl halides is 1. The molecule has 1 unspecified atom stereocenters. The van der Waals surface area contributed by atoms with Crippen LogP contribution in [0.5, 0.6) is 0 Å². The lowest BCUT2D eigenvalue weighted by atomic mass is 10.0. The van der Waals surface area contributed by atoms with Crippen LogP contribution < -0.4 is 5.32 Å². The minimum atomic E-state index is 0.771. The Morgan fingerprint density at radius 3 is 2.90 bits per heavy atom. The molecule has 2 heteroatoms. The minimum absolute atomic E-state index is 0.771. The molecule has 10 heavy (non-hydrogen) atoms. The van der Waals surface area contributed by atoms with E-state index in [0.29, 0.717) is 0 Å². The quantitative estimate of drug-likeness (QED) is 0.626. The van der Waals surface area contributed by atoms with E-state index >= 15 is 0 Å². The van der Waals surface area contributed by atoms with Gasteiger partial charge in [-0.15, -0.1) is 11.6 Å². The first-order valence-electron chi connectivity index (χ1n) is 4.23. The molecule has 0 amide bonds. The van der Waals surface area contributed by atoms with Gasteiger partial charge in [0.15, 0.2) is 0 Å². The first-order chi connectivity index (χ1) is 4.93. The summed E-state index contributed by atoms with van der Waals surface area (Å²) in [5.74, 6) is 0.818. The van der Waals surface area contributed by atoms with Crippen molar-refractivity contribution in [2.75, 3.05) is 12.4 Å². The molecule has 0 aliphatic carbocycles. The van der Waals surface area contributed by atoms with Crippen molar-refractivity contribution in [3.8, 4) is 0 Å². The van der Waals surface area contributed by atoms with Crippen LogP contribution in [0.2, 0.25) is 0 Å². The summed E-state index contributed by atoms with van der Waals surface area (Å²) in [6.45, 7) is 1.22. The minimum Gasteiger partial charge on any atom is -0.314 e. The van der Waals surface area contributed by atoms with Gasteiger partial charge in [-0.1, -0.05) is 6.42 Å². The lowest BCUT2D eigenvalue weighted by Crippen LogP contribution is -2.33. The van der Waals surface area contributed by atoms with Crippen molar-refractivity contribution in [3.05, 3.63) is 0 Å². The van der Waals surface area contributed by atoms with Crippen LogP contribution in [0, 0.1) is 0 Å². The van der Waals surface area contributed by atoms with E-state index in [1.54, 1.807) is 0 Å². The van der Waals surface area contributed by atoms with E-state index in [1.807, 2.05) is 0 Å². The summed E-state index contributed by atoms with van der Waals surface area (Å²) in [6.07, 6.45) is 6.55. The maximum absolute atomic E-state index is 5.59. The maximum atomic E-state index is 5.59. The van der Waals surface area contributed by atoms with Gasteiger partial charge in [-0.3, -0.25) is 0 Å². The predicted molar refractivity (Wildman–Crippen MR) is 45.6 cm³/mol. The molecule has 1 aliphatic rings. The van der Waals surface area contributed by atoms with E-state index in [-0.39, 0.29) is 0 Å². The van der Waals surface area contributed by atoms with Crippen LogP contribution >= 0.6 is 11.6 Å². The summed E-state index contributed by atoms with van der Waals surface area (Å²) in [6, 6.07) is 0.771. The molecule has 1 saturated heterocycles. The van der Waals surface area contributed by atoms with Crippen molar-refractivity contribution in [1.29, 1.82) is 0 Å². The molecular weight excluding hydrogens is 146 g/mol. The molecule has 0 aromatic rings. The number of hydrogen-bond acceptors (Lipinski definition) is 1. The largest absolute Gasteiger partial charge is 0.314 e. The highest BCUT2D eigenvalue weighted by Crippen LogP contribution is 2.11. The second kappa shape index (κ2) is 4.97. The highest BCUT2D eigenvalue weighted by Gasteiger charge is 2.10. The van der Waals surface area contributed by atoms with Gasteiger partial charge in [-0.25, -0.2) is 0 Å². The van der Waals surface area contributed by atoms with Gasteiger partial charge < -0.3 is 5.32 Å². The number of piperidine rings is 1. The first kappa shape index (κ1) is 8.35. The van der Waals surface area contributed by atoms with Crippen molar-refractivity contribution in [1.82, 2.24) is 5.32 Å². The fourth-order valence-electron chi connectivity index (χ4n) is 1.49. The van der Waals surface area contributed by atoms with E-state index in [1.165, 1.54) is 38.6 Å². The summed E-state index contributed by atoms with van der Waals surface area (Å²) in [5.41, 5.74) is 0. The van der Waals surface area contributed by atoms with Gasteiger partial charge in [0.2, 0.25) is 0 Å². The van der Waals surface area contributed by atoms with Crippen LogP contribution in [0.15, 0.2) is 0 Å². The molecule has 1 heterocycles. The van der Waals surface area contributed by atoms with E-state index in [9.17, 15) is 0 Å². The average molecular weight is 162 g/mol. The van der Waals surface area contributed by atoms with Crippen LogP contribution in [0.4, 0.5) is 0 Å². The lowest BCUT2D eigenvalue weighted by Gasteiger charge is -2.22. The van der Waals surface area contributed by atoms with Gasteiger partial charge in [0.05, 0.1) is 0 Å². The molecule has 0 aromatic carbocycles. The van der Waals surface area contributed by atoms with Gasteiger partial charge in [-0.2, -0.15) is 0 Å². The fourth-order valence-corrected chi connectivity index (χ4v) is 1.65. The van der Waals surface area contributed by atoms with Gasteiger partial charge in [0.1, 0.15) is 0 Å². The molecule has 1 N–H and O–H groups in total. The molecule has 1 rings (SSSR count). The fraction of sp³-hybridized carbons (Fsp3) is 1.00. The Morgan fingerprint density at radius 1 is 1.40 bits per heavy atom. The summed E-state index contributed by atoms with van der Waals surface area (Å²) in [7, 11) is 0. The second-order valence-corrected chi connectivity index (χ2v) is 3.36. The van der Waals surface area contributed by atoms with Crippen LogP contribution in [0.25, 0.3) is 0 Å². The summed E-state index contributed by atoms with van der Waals surface area (Å²) in [4.78, 5) is 0. The van der Waals surface area contributed by atoms with E-state index in [4.69, 9.17) is 11.6 Å². The Balaban J connectivity index is 2.02.